The van der Waals surface area contributed by atoms with E-state index >= 15 is 0 Å². The Bertz CT molecular complexity index is 1060. The Kier molecular flexibility index (Phi) is 9.51. The van der Waals surface area contributed by atoms with E-state index in [-0.39, 0.29) is 0 Å². The van der Waals surface area contributed by atoms with E-state index in [1.807, 2.05) is 23.5 Å². The quantitative estimate of drug-likeness (QED) is 0.208. The third-order valence-corrected chi connectivity index (χ3v) is 18.2. The van der Waals surface area contributed by atoms with Crippen molar-refractivity contribution in [3.05, 3.63) is 99.5 Å². The Hall–Kier alpha value is -1.79. The molecule has 0 aliphatic carbocycles. The third kappa shape index (κ3) is 5.54. The minimum atomic E-state index is -2.44. The zero-order chi connectivity index (χ0) is 23.6. The molecule has 172 valence electrons. The molecule has 0 spiro atoms. The van der Waals surface area contributed by atoms with Gasteiger partial charge >= 0.3 is 221 Å². The van der Waals surface area contributed by atoms with Gasteiger partial charge in [0.2, 0.25) is 0 Å². The number of thioether (sulfide) groups is 4. The van der Waals surface area contributed by atoms with E-state index < -0.39 is 7.26 Å². The number of nitriles is 2. The first kappa shape index (κ1) is 25.3. The molecule has 2 nitrogen and oxygen atoms in total. The molecule has 0 aromatic heterocycles. The fraction of sp³-hybridized carbons (Fsp3) is 0.185. The second-order valence-corrected chi connectivity index (χ2v) is 17.6. The molecule has 1 heterocycles. The van der Waals surface area contributed by atoms with E-state index in [1.54, 1.807) is 23.5 Å². The van der Waals surface area contributed by atoms with E-state index in [0.29, 0.717) is 17.2 Å². The Morgan fingerprint density at radius 1 is 0.618 bits per heavy atom. The zero-order valence-electron chi connectivity index (χ0n) is 18.6. The van der Waals surface area contributed by atoms with Gasteiger partial charge in [0.05, 0.1) is 0 Å². The van der Waals surface area contributed by atoms with Crippen LogP contribution in [0.4, 0.5) is 0 Å². The van der Waals surface area contributed by atoms with Gasteiger partial charge in [0.1, 0.15) is 0 Å². The summed E-state index contributed by atoms with van der Waals surface area (Å²) in [6.07, 6.45) is 1.08. The van der Waals surface area contributed by atoms with Gasteiger partial charge in [0.25, 0.3) is 0 Å². The van der Waals surface area contributed by atoms with Gasteiger partial charge in [-0.15, -0.1) is 0 Å². The number of rotatable bonds is 10. The van der Waals surface area contributed by atoms with Crippen LogP contribution in [0.2, 0.25) is 0 Å². The zero-order valence-corrected chi connectivity index (χ0v) is 22.9. The average Bonchev–Trinajstić information content (AvgIpc) is 3.30. The molecule has 3 aromatic carbocycles. The molecule has 0 fully saturated rings. The van der Waals surface area contributed by atoms with Crippen molar-refractivity contribution in [2.75, 3.05) is 11.5 Å². The van der Waals surface area contributed by atoms with Crippen LogP contribution in [0.1, 0.15) is 12.8 Å². The van der Waals surface area contributed by atoms with Crippen molar-refractivity contribution in [3.8, 4) is 12.1 Å². The van der Waals surface area contributed by atoms with Gasteiger partial charge in [0.15, 0.2) is 0 Å². The van der Waals surface area contributed by atoms with Gasteiger partial charge in [-0.1, -0.05) is 0 Å². The molecule has 7 heteroatoms. The van der Waals surface area contributed by atoms with Crippen molar-refractivity contribution >= 4 is 70.2 Å². The van der Waals surface area contributed by atoms with E-state index in [0.717, 1.165) is 11.5 Å². The molecule has 1 aliphatic rings. The molecule has 0 amide bonds. The SMILES string of the molecule is N#CCCSC1=C(SCCC#N)SC([PH](c2ccccc2)(c2ccccc2)c2ccccc2)S1. The van der Waals surface area contributed by atoms with E-state index in [2.05, 4.69) is 103 Å². The number of benzene rings is 3. The summed E-state index contributed by atoms with van der Waals surface area (Å²) in [5.41, 5.74) is 0. The van der Waals surface area contributed by atoms with Crippen molar-refractivity contribution in [2.24, 2.45) is 0 Å². The minimum absolute atomic E-state index is 0.314. The summed E-state index contributed by atoms with van der Waals surface area (Å²) in [4.78, 5) is 0. The van der Waals surface area contributed by atoms with Crippen LogP contribution in [-0.4, -0.2) is 15.8 Å². The van der Waals surface area contributed by atoms with Gasteiger partial charge in [-0.3, -0.25) is 0 Å². The van der Waals surface area contributed by atoms with E-state index in [9.17, 15) is 0 Å². The summed E-state index contributed by atoms with van der Waals surface area (Å²) in [5.74, 6) is 1.59. The second-order valence-electron chi connectivity index (χ2n) is 7.56. The van der Waals surface area contributed by atoms with Crippen molar-refractivity contribution in [3.63, 3.8) is 0 Å². The molecule has 0 N–H and O–H groups in total. The Balaban J connectivity index is 1.83. The molecular weight excluding hydrogens is 512 g/mol. The molecule has 0 radical (unpaired) electrons. The standard InChI is InChI=1S/C27H25N2PS4/c28-18-10-20-31-25-26(32-21-11-19-29)34-27(33-25)30(22-12-4-1-5-13-22,23-14-6-2-7-15-23)24-16-8-3-9-17-24/h1-9,12-17,27,30H,10-11,20-21H2. The van der Waals surface area contributed by atoms with Crippen molar-refractivity contribution in [2.45, 2.75) is 17.2 Å². The van der Waals surface area contributed by atoms with Gasteiger partial charge in [0, 0.05) is 0 Å². The monoisotopic (exact) mass is 536 g/mol. The van der Waals surface area contributed by atoms with E-state index in [4.69, 9.17) is 10.5 Å². The molecule has 0 saturated heterocycles. The molecule has 0 unspecified atom stereocenters. The first-order valence-corrected chi connectivity index (χ1v) is 16.8. The molecule has 3 aromatic rings. The molecule has 4 rings (SSSR count). The normalized spacial score (nSPS) is 14.5. The Morgan fingerprint density at radius 2 is 0.971 bits per heavy atom. The van der Waals surface area contributed by atoms with Crippen LogP contribution in [-0.2, 0) is 0 Å². The van der Waals surface area contributed by atoms with Crippen molar-refractivity contribution in [1.29, 1.82) is 10.5 Å². The van der Waals surface area contributed by atoms with Gasteiger partial charge < -0.3 is 0 Å². The molecule has 1 aliphatic heterocycles. The molecule has 0 atom stereocenters. The average molecular weight is 537 g/mol. The van der Waals surface area contributed by atoms with Crippen LogP contribution in [0.15, 0.2) is 99.5 Å². The first-order chi connectivity index (χ1) is 16.8. The van der Waals surface area contributed by atoms with Gasteiger partial charge in [-0.05, 0) is 0 Å². The van der Waals surface area contributed by atoms with Gasteiger partial charge in [-0.25, -0.2) is 0 Å². The maximum atomic E-state index is 9.08. The van der Waals surface area contributed by atoms with Crippen LogP contribution in [0.25, 0.3) is 0 Å². The van der Waals surface area contributed by atoms with Crippen molar-refractivity contribution in [1.82, 2.24) is 0 Å². The predicted molar refractivity (Wildman–Crippen MR) is 158 cm³/mol. The number of hydrogen-bond acceptors (Lipinski definition) is 6. The van der Waals surface area contributed by atoms with Crippen LogP contribution in [0.3, 0.4) is 0 Å². The summed E-state index contributed by atoms with van der Waals surface area (Å²) in [6.45, 7) is 0. The molecule has 0 bridgehead atoms. The van der Waals surface area contributed by atoms with Crippen molar-refractivity contribution < 1.29 is 0 Å². The topological polar surface area (TPSA) is 47.6 Å². The Morgan fingerprint density at radius 3 is 1.29 bits per heavy atom. The summed E-state index contributed by atoms with van der Waals surface area (Å²) in [5, 5.41) is 22.4. The fourth-order valence-electron chi connectivity index (χ4n) is 4.07. The Labute approximate surface area is 219 Å². The van der Waals surface area contributed by atoms with Crippen LogP contribution in [0.5, 0.6) is 0 Å². The molecular formula is C27H25N2PS4. The summed E-state index contributed by atoms with van der Waals surface area (Å²) >= 11 is 7.54. The van der Waals surface area contributed by atoms with E-state index in [1.165, 1.54) is 24.4 Å². The van der Waals surface area contributed by atoms with Crippen LogP contribution in [0, 0.1) is 22.7 Å². The molecule has 34 heavy (non-hydrogen) atoms. The second kappa shape index (κ2) is 12.8. The summed E-state index contributed by atoms with van der Waals surface area (Å²) < 4.78 is 2.94. The molecule has 0 saturated carbocycles. The summed E-state index contributed by atoms with van der Waals surface area (Å²) in [7, 11) is -2.44. The third-order valence-electron chi connectivity index (χ3n) is 5.53. The summed E-state index contributed by atoms with van der Waals surface area (Å²) in [6, 6.07) is 37.6. The van der Waals surface area contributed by atoms with Crippen LogP contribution >= 0.6 is 54.3 Å². The number of hydrogen-bond donors (Lipinski definition) is 0. The predicted octanol–water partition coefficient (Wildman–Crippen LogP) is 6.90. The number of nitrogens with zero attached hydrogens (tertiary/aromatic N) is 2. The van der Waals surface area contributed by atoms with Crippen LogP contribution < -0.4 is 15.9 Å². The first-order valence-electron chi connectivity index (χ1n) is 11.0. The van der Waals surface area contributed by atoms with Gasteiger partial charge in [-0.2, -0.15) is 0 Å². The fourth-order valence-corrected chi connectivity index (χ4v) is 18.7. The maximum absolute atomic E-state index is 9.08.